The van der Waals surface area contributed by atoms with Crippen molar-refractivity contribution < 1.29 is 48.5 Å². The summed E-state index contributed by atoms with van der Waals surface area (Å²) in [4.78, 5) is 55.1. The first-order chi connectivity index (χ1) is 7.37. The fraction of sp³-hybridized carbons (Fsp3) is 0.500. The summed E-state index contributed by atoms with van der Waals surface area (Å²) in [6, 6.07) is 0. The zero-order valence-electron chi connectivity index (χ0n) is 7.87. The molecule has 17 heavy (non-hydrogen) atoms. The molecule has 2 atom stereocenters. The molecule has 100 valence electrons. The van der Waals surface area contributed by atoms with Gasteiger partial charge in [0.05, 0.1) is 0 Å². The van der Waals surface area contributed by atoms with Gasteiger partial charge < -0.3 is 29.8 Å². The van der Waals surface area contributed by atoms with Crippen LogP contribution in [0.1, 0.15) is 0 Å². The van der Waals surface area contributed by atoms with Crippen molar-refractivity contribution in [1.29, 1.82) is 0 Å². The van der Waals surface area contributed by atoms with Gasteiger partial charge in [0.15, 0.2) is 0 Å². The minimum atomic E-state index is -5.31. The fourth-order valence-electron chi connectivity index (χ4n) is 0.774. The molecule has 0 aromatic carbocycles. The van der Waals surface area contributed by atoms with Crippen LogP contribution in [0.4, 0.5) is 0 Å². The average molecular weight is 293 g/mol. The van der Waals surface area contributed by atoms with Crippen LogP contribution in [0.5, 0.6) is 0 Å². The summed E-state index contributed by atoms with van der Waals surface area (Å²) in [5, 5.41) is 18.0. The van der Waals surface area contributed by atoms with E-state index in [0.717, 1.165) is 0 Å². The lowest BCUT2D eigenvalue weighted by atomic mass is 10.5. The van der Waals surface area contributed by atoms with E-state index in [-0.39, 0.29) is 0 Å². The van der Waals surface area contributed by atoms with E-state index in [1.165, 1.54) is 5.32 Å². The molecule has 0 aliphatic carbocycles. The van der Waals surface area contributed by atoms with Crippen LogP contribution in [0, 0.1) is 0 Å². The minimum Gasteiger partial charge on any atom is -0.480 e. The topological polar surface area (TPSA) is 202 Å². The van der Waals surface area contributed by atoms with E-state index in [2.05, 4.69) is 0 Å². The highest BCUT2D eigenvalue weighted by atomic mass is 31.2. The highest BCUT2D eigenvalue weighted by Crippen LogP contribution is 2.45. The molecule has 0 saturated heterocycles. The average Bonchev–Trinajstić information content (AvgIpc) is 1.96. The molecule has 0 aliphatic rings. The second-order valence-electron chi connectivity index (χ2n) is 2.83. The molecule has 7 N–H and O–H groups in total. The third kappa shape index (κ3) is 4.92. The van der Waals surface area contributed by atoms with E-state index in [1.54, 1.807) is 0 Å². The first-order valence-corrected chi connectivity index (χ1v) is 7.05. The maximum absolute atomic E-state index is 10.7. The van der Waals surface area contributed by atoms with Crippen LogP contribution in [0.15, 0.2) is 0 Å². The maximum atomic E-state index is 10.7. The van der Waals surface area contributed by atoms with Gasteiger partial charge in [0.1, 0.15) is 0 Å². The Balaban J connectivity index is 5.24. The van der Waals surface area contributed by atoms with Crippen molar-refractivity contribution in [2.24, 2.45) is 0 Å². The Morgan fingerprint density at radius 2 is 1.06 bits per heavy atom. The summed E-state index contributed by atoms with van der Waals surface area (Å²) >= 11 is 0. The normalized spacial score (nSPS) is 16.2. The molecule has 0 aromatic rings. The molecule has 0 saturated carbocycles. The minimum absolute atomic E-state index is 1.21. The van der Waals surface area contributed by atoms with Crippen molar-refractivity contribution in [3.8, 4) is 0 Å². The smallest absolute Gasteiger partial charge is 0.353 e. The van der Waals surface area contributed by atoms with E-state index in [9.17, 15) is 18.7 Å². The fourth-order valence-corrected chi connectivity index (χ4v) is 2.15. The number of carboxylic acids is 2. The lowest BCUT2D eigenvalue weighted by Gasteiger charge is -2.21. The third-order valence-corrected chi connectivity index (χ3v) is 3.54. The van der Waals surface area contributed by atoms with Gasteiger partial charge in [0.2, 0.25) is 11.6 Å². The molecular weight excluding hydrogens is 284 g/mol. The largest absolute Gasteiger partial charge is 0.480 e. The quantitative estimate of drug-likeness (QED) is 0.261. The Morgan fingerprint density at radius 3 is 1.18 bits per heavy atom. The van der Waals surface area contributed by atoms with Crippen molar-refractivity contribution in [2.75, 3.05) is 0 Å². The van der Waals surface area contributed by atoms with Gasteiger partial charge in [-0.1, -0.05) is 0 Å². The summed E-state index contributed by atoms with van der Waals surface area (Å²) in [6.07, 6.45) is 0. The summed E-state index contributed by atoms with van der Waals surface area (Å²) in [5.41, 5.74) is 0. The van der Waals surface area contributed by atoms with E-state index in [4.69, 9.17) is 29.8 Å². The number of rotatable bonds is 6. The van der Waals surface area contributed by atoms with Crippen LogP contribution in [-0.4, -0.2) is 53.3 Å². The van der Waals surface area contributed by atoms with Gasteiger partial charge in [0.25, 0.3) is 0 Å². The zero-order chi connectivity index (χ0) is 14.0. The Kier molecular flexibility index (Phi) is 4.99. The molecule has 0 fully saturated rings. The standard InChI is InChI=1S/C4H9NO10P2/c6-3(7)1(16(10,11)12)5-2(4(8)9)17(13,14)15/h1-2,5H,(H,6,7)(H,8,9)(H2,10,11,12)(H2,13,14,15). The van der Waals surface area contributed by atoms with Crippen molar-refractivity contribution in [3.63, 3.8) is 0 Å². The highest BCUT2D eigenvalue weighted by molar-refractivity contribution is 7.54. The van der Waals surface area contributed by atoms with Gasteiger partial charge in [-0.05, 0) is 0 Å². The molecule has 0 radical (unpaired) electrons. The second-order valence-corrected chi connectivity index (χ2v) is 6.22. The van der Waals surface area contributed by atoms with Gasteiger partial charge >= 0.3 is 27.1 Å². The summed E-state index contributed by atoms with van der Waals surface area (Å²) in [6.45, 7) is 0. The van der Waals surface area contributed by atoms with Crippen LogP contribution < -0.4 is 5.32 Å². The molecule has 0 amide bonds. The first kappa shape index (κ1) is 16.2. The van der Waals surface area contributed by atoms with Gasteiger partial charge in [-0.3, -0.25) is 14.4 Å². The van der Waals surface area contributed by atoms with Gasteiger partial charge in [-0.25, -0.2) is 9.59 Å². The predicted molar refractivity (Wildman–Crippen MR) is 50.1 cm³/mol. The third-order valence-electron chi connectivity index (χ3n) is 1.46. The van der Waals surface area contributed by atoms with Crippen molar-refractivity contribution in [3.05, 3.63) is 0 Å². The molecule has 13 heteroatoms. The molecule has 11 nitrogen and oxygen atoms in total. The van der Waals surface area contributed by atoms with Crippen LogP contribution in [0.2, 0.25) is 0 Å². The molecule has 0 aliphatic heterocycles. The van der Waals surface area contributed by atoms with Gasteiger partial charge in [-0.15, -0.1) is 0 Å². The lowest BCUT2D eigenvalue weighted by Crippen LogP contribution is -2.46. The summed E-state index contributed by atoms with van der Waals surface area (Å²) < 4.78 is 21.3. The number of hydrogen-bond donors (Lipinski definition) is 7. The van der Waals surface area contributed by atoms with Gasteiger partial charge in [-0.2, -0.15) is 0 Å². The van der Waals surface area contributed by atoms with E-state index >= 15 is 0 Å². The lowest BCUT2D eigenvalue weighted by molar-refractivity contribution is -0.139. The molecule has 0 bridgehead atoms. The Labute approximate surface area is 93.4 Å². The van der Waals surface area contributed by atoms with E-state index < -0.39 is 38.7 Å². The number of carbonyl (C=O) groups is 2. The van der Waals surface area contributed by atoms with Gasteiger partial charge in [0, 0.05) is 0 Å². The number of aliphatic carboxylic acids is 2. The van der Waals surface area contributed by atoms with Crippen LogP contribution >= 0.6 is 15.2 Å². The SMILES string of the molecule is O=C(O)C(NC(C(=O)O)P(=O)(O)O)P(=O)(O)O. The summed E-state index contributed by atoms with van der Waals surface area (Å²) in [7, 11) is -10.6. The Hall–Kier alpha value is -0.800. The predicted octanol–water partition coefficient (Wildman–Crippen LogP) is -2.25. The highest BCUT2D eigenvalue weighted by Gasteiger charge is 2.45. The molecule has 0 aromatic heterocycles. The molecular formula is C4H9NO10P2. The van der Waals surface area contributed by atoms with E-state index in [1.807, 2.05) is 0 Å². The molecule has 0 spiro atoms. The molecule has 2 unspecified atom stereocenters. The monoisotopic (exact) mass is 293 g/mol. The number of nitrogens with one attached hydrogen (secondary N) is 1. The Bertz CT molecular complexity index is 369. The van der Waals surface area contributed by atoms with E-state index in [0.29, 0.717) is 0 Å². The maximum Gasteiger partial charge on any atom is 0.353 e. The molecule has 0 heterocycles. The van der Waals surface area contributed by atoms with Crippen LogP contribution in [0.25, 0.3) is 0 Å². The Morgan fingerprint density at radius 1 is 0.824 bits per heavy atom. The van der Waals surface area contributed by atoms with Crippen LogP contribution in [0.3, 0.4) is 0 Å². The van der Waals surface area contributed by atoms with Crippen molar-refractivity contribution in [1.82, 2.24) is 5.32 Å². The van der Waals surface area contributed by atoms with Crippen molar-refractivity contribution in [2.45, 2.75) is 11.6 Å². The van der Waals surface area contributed by atoms with Crippen LogP contribution in [-0.2, 0) is 18.7 Å². The number of hydrogen-bond acceptors (Lipinski definition) is 5. The number of carboxylic acid groups (broad SMARTS) is 2. The van der Waals surface area contributed by atoms with Crippen molar-refractivity contribution >= 4 is 27.1 Å². The second kappa shape index (κ2) is 5.23. The zero-order valence-corrected chi connectivity index (χ0v) is 9.65. The molecule has 0 rings (SSSR count). The first-order valence-electron chi connectivity index (χ1n) is 3.69. The summed E-state index contributed by atoms with van der Waals surface area (Å²) in [5.74, 6) is -9.73.